The lowest BCUT2D eigenvalue weighted by Crippen LogP contribution is -1.92. The third-order valence-corrected chi connectivity index (χ3v) is 1.83. The first-order valence-electron chi connectivity index (χ1n) is 4.35. The monoisotopic (exact) mass is 188 g/mol. The highest BCUT2D eigenvalue weighted by Crippen LogP contribution is 2.17. The van der Waals surface area contributed by atoms with Crippen molar-refractivity contribution in [3.05, 3.63) is 35.4 Å². The van der Waals surface area contributed by atoms with E-state index in [1.54, 1.807) is 18.2 Å². The van der Waals surface area contributed by atoms with Crippen LogP contribution in [0.5, 0.6) is 0 Å². The fourth-order valence-corrected chi connectivity index (χ4v) is 1.14. The molecule has 0 saturated carbocycles. The molecule has 1 rings (SSSR count). The minimum absolute atomic E-state index is 0.112. The fourth-order valence-electron chi connectivity index (χ4n) is 1.14. The van der Waals surface area contributed by atoms with Crippen LogP contribution in [0.15, 0.2) is 24.3 Å². The van der Waals surface area contributed by atoms with E-state index < -0.39 is 0 Å². The lowest BCUT2D eigenvalue weighted by molar-refractivity contribution is 0.303. The summed E-state index contributed by atoms with van der Waals surface area (Å²) in [6, 6.07) is 7.37. The van der Waals surface area contributed by atoms with Gasteiger partial charge in [-0.1, -0.05) is 24.3 Å². The summed E-state index contributed by atoms with van der Waals surface area (Å²) in [5.41, 5.74) is 7.40. The quantitative estimate of drug-likeness (QED) is 0.707. The first-order chi connectivity index (χ1) is 6.79. The van der Waals surface area contributed by atoms with Gasteiger partial charge in [-0.05, 0) is 18.1 Å². The van der Waals surface area contributed by atoms with Gasteiger partial charge in [-0.3, -0.25) is 0 Å². The van der Waals surface area contributed by atoms with Crippen LogP contribution < -0.4 is 5.73 Å². The van der Waals surface area contributed by atoms with Gasteiger partial charge in [0.1, 0.15) is 6.07 Å². The van der Waals surface area contributed by atoms with Crippen molar-refractivity contribution in [1.82, 2.24) is 0 Å². The number of benzene rings is 1. The molecule has 0 aliphatic rings. The molecule has 0 amide bonds. The van der Waals surface area contributed by atoms with Crippen LogP contribution in [0.25, 0.3) is 6.08 Å². The van der Waals surface area contributed by atoms with Crippen LogP contribution in [0.2, 0.25) is 0 Å². The number of nitrogens with zero attached hydrogens (tertiary/aromatic N) is 1. The molecular formula is C11H12N2O. The summed E-state index contributed by atoms with van der Waals surface area (Å²) >= 11 is 0. The molecule has 3 N–H and O–H groups in total. The van der Waals surface area contributed by atoms with Crippen molar-refractivity contribution in [3.63, 3.8) is 0 Å². The summed E-state index contributed by atoms with van der Waals surface area (Å²) in [6.45, 7) is 0.112. The predicted molar refractivity (Wildman–Crippen MR) is 56.3 cm³/mol. The molecule has 1 aromatic rings. The predicted octanol–water partition coefficient (Wildman–Crippen LogP) is 1.54. The first kappa shape index (κ1) is 10.3. The second-order valence-corrected chi connectivity index (χ2v) is 2.84. The van der Waals surface area contributed by atoms with Gasteiger partial charge in [-0.2, -0.15) is 5.26 Å². The zero-order valence-electron chi connectivity index (χ0n) is 7.77. The normalized spacial score (nSPS) is 10.3. The largest absolute Gasteiger partial charge is 0.398 e. The SMILES string of the molecule is N#Cc1c(N)cccc1C=CCCO. The Morgan fingerprint density at radius 1 is 1.50 bits per heavy atom. The van der Waals surface area contributed by atoms with E-state index in [9.17, 15) is 0 Å². The Labute approximate surface area is 83.1 Å². The lowest BCUT2D eigenvalue weighted by Gasteiger charge is -2.00. The topological polar surface area (TPSA) is 70.0 Å². The molecule has 0 unspecified atom stereocenters. The number of aliphatic hydroxyl groups excluding tert-OH is 1. The third kappa shape index (κ3) is 2.35. The Morgan fingerprint density at radius 3 is 2.93 bits per heavy atom. The molecule has 0 saturated heterocycles. The smallest absolute Gasteiger partial charge is 0.102 e. The molecule has 0 atom stereocenters. The van der Waals surface area contributed by atoms with Crippen molar-refractivity contribution in [2.45, 2.75) is 6.42 Å². The number of hydrogen-bond donors (Lipinski definition) is 2. The van der Waals surface area contributed by atoms with Crippen molar-refractivity contribution in [2.24, 2.45) is 0 Å². The van der Waals surface area contributed by atoms with Crippen LogP contribution in [0.3, 0.4) is 0 Å². The number of nitriles is 1. The highest BCUT2D eigenvalue weighted by Gasteiger charge is 2.01. The second-order valence-electron chi connectivity index (χ2n) is 2.84. The number of hydrogen-bond acceptors (Lipinski definition) is 3. The highest BCUT2D eigenvalue weighted by molar-refractivity contribution is 5.67. The lowest BCUT2D eigenvalue weighted by atomic mass is 10.1. The van der Waals surface area contributed by atoms with E-state index >= 15 is 0 Å². The molecule has 0 heterocycles. The Kier molecular flexibility index (Phi) is 3.71. The standard InChI is InChI=1S/C11H12N2O/c12-8-10-9(4-1-2-7-14)5-3-6-11(10)13/h1,3-6,14H,2,7,13H2. The van der Waals surface area contributed by atoms with Crippen molar-refractivity contribution >= 4 is 11.8 Å². The van der Waals surface area contributed by atoms with Gasteiger partial charge >= 0.3 is 0 Å². The van der Waals surface area contributed by atoms with E-state index in [1.807, 2.05) is 12.1 Å². The number of nitrogens with two attached hydrogens (primary N) is 1. The molecule has 3 heteroatoms. The van der Waals surface area contributed by atoms with E-state index in [4.69, 9.17) is 16.1 Å². The summed E-state index contributed by atoms with van der Waals surface area (Å²) in [4.78, 5) is 0. The van der Waals surface area contributed by atoms with E-state index in [2.05, 4.69) is 6.07 Å². The summed E-state index contributed by atoms with van der Waals surface area (Å²) in [6.07, 6.45) is 4.19. The van der Waals surface area contributed by atoms with Crippen molar-refractivity contribution in [2.75, 3.05) is 12.3 Å². The first-order valence-corrected chi connectivity index (χ1v) is 4.35. The zero-order chi connectivity index (χ0) is 10.4. The summed E-state index contributed by atoms with van der Waals surface area (Å²) in [7, 11) is 0. The van der Waals surface area contributed by atoms with Gasteiger partial charge in [-0.15, -0.1) is 0 Å². The number of aliphatic hydroxyl groups is 1. The molecule has 3 nitrogen and oxygen atoms in total. The Hall–Kier alpha value is -1.79. The van der Waals surface area contributed by atoms with Crippen LogP contribution in [-0.4, -0.2) is 11.7 Å². The Morgan fingerprint density at radius 2 is 2.29 bits per heavy atom. The second kappa shape index (κ2) is 5.05. The maximum absolute atomic E-state index is 8.84. The molecule has 0 spiro atoms. The van der Waals surface area contributed by atoms with Gasteiger partial charge < -0.3 is 10.8 Å². The molecule has 1 aromatic carbocycles. The van der Waals surface area contributed by atoms with Gasteiger partial charge in [0.05, 0.1) is 11.3 Å². The van der Waals surface area contributed by atoms with Crippen LogP contribution in [0.1, 0.15) is 17.5 Å². The van der Waals surface area contributed by atoms with Crippen LogP contribution in [0.4, 0.5) is 5.69 Å². The van der Waals surface area contributed by atoms with Crippen LogP contribution in [-0.2, 0) is 0 Å². The van der Waals surface area contributed by atoms with Gasteiger partial charge in [0.25, 0.3) is 0 Å². The molecule has 0 radical (unpaired) electrons. The molecule has 0 aromatic heterocycles. The van der Waals surface area contributed by atoms with Gasteiger partial charge in [0, 0.05) is 6.61 Å². The minimum atomic E-state index is 0.112. The van der Waals surface area contributed by atoms with Crippen molar-refractivity contribution < 1.29 is 5.11 Å². The van der Waals surface area contributed by atoms with Gasteiger partial charge in [0.2, 0.25) is 0 Å². The Balaban J connectivity index is 2.98. The zero-order valence-corrected chi connectivity index (χ0v) is 7.77. The molecule has 14 heavy (non-hydrogen) atoms. The minimum Gasteiger partial charge on any atom is -0.398 e. The molecule has 0 bridgehead atoms. The van der Waals surface area contributed by atoms with Crippen LogP contribution >= 0.6 is 0 Å². The number of nitrogen functional groups attached to an aromatic ring is 1. The average Bonchev–Trinajstić information content (AvgIpc) is 2.18. The number of anilines is 1. The van der Waals surface area contributed by atoms with E-state index in [-0.39, 0.29) is 6.61 Å². The summed E-state index contributed by atoms with van der Waals surface area (Å²) < 4.78 is 0. The molecule has 0 aliphatic carbocycles. The van der Waals surface area contributed by atoms with E-state index in [0.717, 1.165) is 5.56 Å². The van der Waals surface area contributed by atoms with Crippen molar-refractivity contribution in [1.29, 1.82) is 5.26 Å². The Bertz CT molecular complexity index is 377. The van der Waals surface area contributed by atoms with E-state index in [0.29, 0.717) is 17.7 Å². The van der Waals surface area contributed by atoms with E-state index in [1.165, 1.54) is 0 Å². The maximum Gasteiger partial charge on any atom is 0.102 e. The highest BCUT2D eigenvalue weighted by atomic mass is 16.2. The molecule has 72 valence electrons. The number of rotatable bonds is 3. The average molecular weight is 188 g/mol. The van der Waals surface area contributed by atoms with Gasteiger partial charge in [0.15, 0.2) is 0 Å². The van der Waals surface area contributed by atoms with Crippen LogP contribution in [0, 0.1) is 11.3 Å². The van der Waals surface area contributed by atoms with Crippen molar-refractivity contribution in [3.8, 4) is 6.07 Å². The fraction of sp³-hybridized carbons (Fsp3) is 0.182. The molecule has 0 fully saturated rings. The maximum atomic E-state index is 8.84. The summed E-state index contributed by atoms with van der Waals surface area (Å²) in [5.74, 6) is 0. The molecular weight excluding hydrogens is 176 g/mol. The molecule has 0 aliphatic heterocycles. The third-order valence-electron chi connectivity index (χ3n) is 1.83. The summed E-state index contributed by atoms with van der Waals surface area (Å²) in [5, 5.41) is 17.4. The van der Waals surface area contributed by atoms with Gasteiger partial charge in [-0.25, -0.2) is 0 Å².